The molecule has 0 saturated carbocycles. The van der Waals surface area contributed by atoms with Crippen LogP contribution in [0.25, 0.3) is 0 Å². The molecule has 19 heteroatoms. The van der Waals surface area contributed by atoms with Gasteiger partial charge in [-0.25, -0.2) is 9.13 Å². The third-order valence-corrected chi connectivity index (χ3v) is 20.4. The normalized spacial score (nSPS) is 13.9. The smallest absolute Gasteiger partial charge is 0.462 e. The summed E-state index contributed by atoms with van der Waals surface area (Å²) in [6.07, 6.45) is 62.3. The SMILES string of the molecule is CCCCCCCCCCCCCCCCCCCCCC(=O)O[C@H](COC(=O)CCCCCCCCCCCCC(C)C)COP(=O)(O)OC[C@@H](O)COP(=O)(O)OC[C@@H](COC(=O)CCCCCCCCCCCCCCC)OC(=O)CCCCCCCCCCCCCCC. The van der Waals surface area contributed by atoms with Crippen molar-refractivity contribution in [3.63, 3.8) is 0 Å². The van der Waals surface area contributed by atoms with Crippen LogP contribution in [0.3, 0.4) is 0 Å². The molecule has 3 N–H and O–H groups in total. The number of unbranched alkanes of at least 4 members (excludes halogenated alkanes) is 51. The van der Waals surface area contributed by atoms with E-state index in [1.54, 1.807) is 0 Å². The number of rotatable bonds is 79. The summed E-state index contributed by atoms with van der Waals surface area (Å²) in [6, 6.07) is 0. The summed E-state index contributed by atoms with van der Waals surface area (Å²) in [7, 11) is -9.92. The molecule has 0 heterocycles. The second-order valence-corrected chi connectivity index (χ2v) is 31.8. The monoisotopic (exact) mass is 1440 g/mol. The zero-order valence-corrected chi connectivity index (χ0v) is 65.7. The van der Waals surface area contributed by atoms with Crippen LogP contribution >= 0.6 is 15.6 Å². The number of carbonyl (C=O) groups is 4. The van der Waals surface area contributed by atoms with Crippen molar-refractivity contribution in [1.29, 1.82) is 0 Å². The van der Waals surface area contributed by atoms with E-state index in [-0.39, 0.29) is 25.7 Å². The molecule has 0 spiro atoms. The summed E-state index contributed by atoms with van der Waals surface area (Å²) in [5, 5.41) is 10.6. The van der Waals surface area contributed by atoms with Gasteiger partial charge >= 0.3 is 39.5 Å². The molecule has 0 aliphatic carbocycles. The van der Waals surface area contributed by atoms with E-state index in [0.29, 0.717) is 25.7 Å². The van der Waals surface area contributed by atoms with Crippen molar-refractivity contribution in [1.82, 2.24) is 0 Å². The lowest BCUT2D eigenvalue weighted by atomic mass is 10.0. The molecule has 98 heavy (non-hydrogen) atoms. The van der Waals surface area contributed by atoms with Gasteiger partial charge in [-0.3, -0.25) is 37.3 Å². The quantitative estimate of drug-likeness (QED) is 0.0222. The summed E-state index contributed by atoms with van der Waals surface area (Å²) in [6.45, 7) is 7.32. The number of phosphoric ester groups is 2. The Balaban J connectivity index is 5.24. The number of aliphatic hydroxyl groups excluding tert-OH is 1. The highest BCUT2D eigenvalue weighted by Crippen LogP contribution is 2.45. The van der Waals surface area contributed by atoms with E-state index in [0.717, 1.165) is 95.8 Å². The van der Waals surface area contributed by atoms with Crippen molar-refractivity contribution in [3.05, 3.63) is 0 Å². The molecule has 2 unspecified atom stereocenters. The van der Waals surface area contributed by atoms with Gasteiger partial charge in [0.1, 0.15) is 19.3 Å². The molecule has 0 aromatic heterocycles. The fraction of sp³-hybridized carbons (Fsp3) is 0.949. The van der Waals surface area contributed by atoms with E-state index in [4.69, 9.17) is 37.0 Å². The van der Waals surface area contributed by atoms with Gasteiger partial charge in [0, 0.05) is 25.7 Å². The molecule has 0 aliphatic rings. The van der Waals surface area contributed by atoms with E-state index >= 15 is 0 Å². The highest BCUT2D eigenvalue weighted by molar-refractivity contribution is 7.47. The van der Waals surface area contributed by atoms with Gasteiger partial charge < -0.3 is 33.8 Å². The maximum absolute atomic E-state index is 13.1. The summed E-state index contributed by atoms with van der Waals surface area (Å²) in [5.41, 5.74) is 0. The fourth-order valence-electron chi connectivity index (χ4n) is 12.2. The van der Waals surface area contributed by atoms with E-state index in [1.807, 2.05) is 0 Å². The van der Waals surface area contributed by atoms with Gasteiger partial charge in [-0.05, 0) is 31.6 Å². The van der Waals surface area contributed by atoms with Crippen molar-refractivity contribution in [2.24, 2.45) is 5.92 Å². The Bertz CT molecular complexity index is 1870. The Morgan fingerprint density at radius 1 is 0.276 bits per heavy atom. The topological polar surface area (TPSA) is 237 Å². The molecule has 0 radical (unpaired) electrons. The third-order valence-electron chi connectivity index (χ3n) is 18.5. The maximum atomic E-state index is 13.1. The van der Waals surface area contributed by atoms with Crippen LogP contribution in [-0.4, -0.2) is 96.7 Å². The van der Waals surface area contributed by atoms with E-state index in [1.165, 1.54) is 244 Å². The minimum absolute atomic E-state index is 0.108. The number of hydrogen-bond acceptors (Lipinski definition) is 15. The maximum Gasteiger partial charge on any atom is 0.472 e. The lowest BCUT2D eigenvalue weighted by Gasteiger charge is -2.21. The first-order chi connectivity index (χ1) is 47.5. The van der Waals surface area contributed by atoms with Crippen molar-refractivity contribution >= 4 is 39.5 Å². The third kappa shape index (κ3) is 72.4. The van der Waals surface area contributed by atoms with Gasteiger partial charge in [0.15, 0.2) is 12.2 Å². The molecule has 0 rings (SSSR count). The van der Waals surface area contributed by atoms with Crippen LogP contribution in [0, 0.1) is 5.92 Å². The minimum atomic E-state index is -4.96. The molecular formula is C79H154O17P2. The van der Waals surface area contributed by atoms with E-state index in [2.05, 4.69) is 34.6 Å². The Morgan fingerprint density at radius 3 is 0.694 bits per heavy atom. The first-order valence-corrected chi connectivity index (χ1v) is 44.1. The van der Waals surface area contributed by atoms with Gasteiger partial charge in [-0.1, -0.05) is 369 Å². The Morgan fingerprint density at radius 2 is 0.469 bits per heavy atom. The van der Waals surface area contributed by atoms with Gasteiger partial charge in [0.2, 0.25) is 0 Å². The zero-order valence-electron chi connectivity index (χ0n) is 63.9. The minimum Gasteiger partial charge on any atom is -0.462 e. The van der Waals surface area contributed by atoms with Crippen LogP contribution in [-0.2, 0) is 65.4 Å². The number of esters is 4. The molecule has 0 aromatic rings. The molecular weight excluding hydrogens is 1280 g/mol. The molecule has 0 bridgehead atoms. The van der Waals surface area contributed by atoms with Crippen molar-refractivity contribution in [3.8, 4) is 0 Å². The second kappa shape index (κ2) is 72.0. The number of phosphoric acid groups is 2. The van der Waals surface area contributed by atoms with Gasteiger partial charge in [0.05, 0.1) is 26.4 Å². The number of carbonyl (C=O) groups excluding carboxylic acids is 4. The Labute approximate surface area is 600 Å². The first kappa shape index (κ1) is 96.1. The first-order valence-electron chi connectivity index (χ1n) is 41.1. The van der Waals surface area contributed by atoms with Crippen LogP contribution in [0.2, 0.25) is 0 Å². The average Bonchev–Trinajstić information content (AvgIpc) is 1.03. The summed E-state index contributed by atoms with van der Waals surface area (Å²) in [4.78, 5) is 73.0. The number of hydrogen-bond donors (Lipinski definition) is 3. The Kier molecular flexibility index (Phi) is 70.6. The fourth-order valence-corrected chi connectivity index (χ4v) is 13.8. The van der Waals surface area contributed by atoms with Gasteiger partial charge in [-0.15, -0.1) is 0 Å². The summed E-state index contributed by atoms with van der Waals surface area (Å²) >= 11 is 0. The number of ether oxygens (including phenoxy) is 4. The molecule has 0 saturated heterocycles. The molecule has 582 valence electrons. The molecule has 0 amide bonds. The number of aliphatic hydroxyl groups is 1. The molecule has 0 aromatic carbocycles. The van der Waals surface area contributed by atoms with Crippen molar-refractivity contribution < 1.29 is 80.2 Å². The highest BCUT2D eigenvalue weighted by atomic mass is 31.2. The Hall–Kier alpha value is -1.94. The van der Waals surface area contributed by atoms with Crippen LogP contribution in [0.5, 0.6) is 0 Å². The highest BCUT2D eigenvalue weighted by Gasteiger charge is 2.30. The predicted molar refractivity (Wildman–Crippen MR) is 400 cm³/mol. The lowest BCUT2D eigenvalue weighted by molar-refractivity contribution is -0.161. The van der Waals surface area contributed by atoms with Crippen LogP contribution < -0.4 is 0 Å². The standard InChI is InChI=1S/C79H154O17P2/c1-6-9-12-15-18-21-24-27-28-29-30-31-32-35-38-45-50-55-60-65-79(84)96-75(69-90-77(82)63-58-53-48-43-40-39-41-46-51-56-61-72(4)5)71-94-98(87,88)92-67-73(80)66-91-97(85,86)93-70-74(95-78(83)64-59-54-49-44-37-34-26-23-20-17-14-11-8-3)68-89-76(81)62-57-52-47-42-36-33-25-22-19-16-13-10-7-2/h72-75,80H,6-71H2,1-5H3,(H,85,86)(H,87,88)/t73-,74+,75+/m0/s1. The second-order valence-electron chi connectivity index (χ2n) is 28.9. The summed E-state index contributed by atoms with van der Waals surface area (Å²) in [5.74, 6) is -1.35. The predicted octanol–water partition coefficient (Wildman–Crippen LogP) is 23.6. The van der Waals surface area contributed by atoms with Gasteiger partial charge in [-0.2, -0.15) is 0 Å². The van der Waals surface area contributed by atoms with Crippen LogP contribution in [0.15, 0.2) is 0 Å². The van der Waals surface area contributed by atoms with Crippen molar-refractivity contribution in [2.45, 2.75) is 438 Å². The largest absolute Gasteiger partial charge is 0.472 e. The van der Waals surface area contributed by atoms with Crippen LogP contribution in [0.1, 0.15) is 420 Å². The lowest BCUT2D eigenvalue weighted by Crippen LogP contribution is -2.30. The van der Waals surface area contributed by atoms with E-state index in [9.17, 15) is 43.2 Å². The molecule has 17 nitrogen and oxygen atoms in total. The summed E-state index contributed by atoms with van der Waals surface area (Å²) < 4.78 is 68.7. The zero-order chi connectivity index (χ0) is 71.9. The molecule has 0 aliphatic heterocycles. The average molecular weight is 1440 g/mol. The van der Waals surface area contributed by atoms with Gasteiger partial charge in [0.25, 0.3) is 0 Å². The molecule has 0 fully saturated rings. The van der Waals surface area contributed by atoms with Crippen LogP contribution in [0.4, 0.5) is 0 Å². The molecule has 5 atom stereocenters. The van der Waals surface area contributed by atoms with Crippen molar-refractivity contribution in [2.75, 3.05) is 39.6 Å². The van der Waals surface area contributed by atoms with E-state index < -0.39 is 97.5 Å².